The van der Waals surface area contributed by atoms with Gasteiger partial charge >= 0.3 is 0 Å². The first-order valence-corrected chi connectivity index (χ1v) is 8.58. The predicted octanol–water partition coefficient (Wildman–Crippen LogP) is 2.07. The molecule has 3 heterocycles. The van der Waals surface area contributed by atoms with Crippen LogP contribution in [0.15, 0.2) is 4.52 Å². The van der Waals surface area contributed by atoms with Crippen molar-refractivity contribution in [3.63, 3.8) is 0 Å². The van der Waals surface area contributed by atoms with E-state index in [2.05, 4.69) is 39.1 Å². The summed E-state index contributed by atoms with van der Waals surface area (Å²) in [6, 6.07) is 0.142. The van der Waals surface area contributed by atoms with Crippen LogP contribution < -0.4 is 5.32 Å². The maximum Gasteiger partial charge on any atom is 0.220 e. The second kappa shape index (κ2) is 6.75. The van der Waals surface area contributed by atoms with Crippen LogP contribution in [-0.4, -0.2) is 31.9 Å². The molecule has 1 aliphatic rings. The quantitative estimate of drug-likeness (QED) is 0.906. The number of amides is 1. The Morgan fingerprint density at radius 2 is 2.17 bits per heavy atom. The van der Waals surface area contributed by atoms with E-state index >= 15 is 0 Å². The van der Waals surface area contributed by atoms with Crippen LogP contribution >= 0.6 is 0 Å². The zero-order chi connectivity index (χ0) is 17.3. The van der Waals surface area contributed by atoms with Gasteiger partial charge in [0, 0.05) is 36.9 Å². The fourth-order valence-corrected chi connectivity index (χ4v) is 3.29. The number of carbonyl (C=O) groups excluding carboxylic acids is 1. The molecule has 7 nitrogen and oxygen atoms in total. The van der Waals surface area contributed by atoms with Gasteiger partial charge in [-0.3, -0.25) is 4.79 Å². The molecule has 3 rings (SSSR count). The highest BCUT2D eigenvalue weighted by Gasteiger charge is 2.25. The Morgan fingerprint density at radius 3 is 2.83 bits per heavy atom. The van der Waals surface area contributed by atoms with Crippen molar-refractivity contribution in [2.75, 3.05) is 0 Å². The number of fused-ring (bicyclic) bond motifs is 1. The molecule has 0 aliphatic carbocycles. The summed E-state index contributed by atoms with van der Waals surface area (Å²) in [6.07, 6.45) is 2.88. The topological polar surface area (TPSA) is 85.8 Å². The Labute approximate surface area is 141 Å². The Bertz CT molecular complexity index is 712. The zero-order valence-corrected chi connectivity index (χ0v) is 14.8. The Morgan fingerprint density at radius 1 is 1.38 bits per heavy atom. The van der Waals surface area contributed by atoms with E-state index in [9.17, 15) is 4.79 Å². The number of aromatic nitrogens is 4. The number of hydrogen-bond acceptors (Lipinski definition) is 5. The Hall–Kier alpha value is -2.18. The van der Waals surface area contributed by atoms with Gasteiger partial charge in [0.05, 0.1) is 5.69 Å². The molecular formula is C17H25N5O2. The van der Waals surface area contributed by atoms with Gasteiger partial charge in [-0.05, 0) is 26.7 Å². The largest absolute Gasteiger partial charge is 0.361 e. The van der Waals surface area contributed by atoms with Gasteiger partial charge in [-0.1, -0.05) is 19.0 Å². The first-order valence-electron chi connectivity index (χ1n) is 8.58. The first-order chi connectivity index (χ1) is 11.5. The molecule has 0 aromatic carbocycles. The van der Waals surface area contributed by atoms with E-state index in [0.29, 0.717) is 18.8 Å². The number of aryl methyl sites for hydroxylation is 3. The van der Waals surface area contributed by atoms with Gasteiger partial charge in [-0.15, -0.1) is 10.2 Å². The lowest BCUT2D eigenvalue weighted by molar-refractivity contribution is -0.122. The van der Waals surface area contributed by atoms with Crippen molar-refractivity contribution >= 4 is 5.91 Å². The van der Waals surface area contributed by atoms with E-state index in [-0.39, 0.29) is 11.9 Å². The van der Waals surface area contributed by atoms with E-state index in [1.807, 2.05) is 13.8 Å². The van der Waals surface area contributed by atoms with Gasteiger partial charge in [0.15, 0.2) is 0 Å². The molecule has 0 radical (unpaired) electrons. The highest BCUT2D eigenvalue weighted by atomic mass is 16.5. The van der Waals surface area contributed by atoms with Crippen molar-refractivity contribution in [3.05, 3.63) is 28.7 Å². The molecular weight excluding hydrogens is 306 g/mol. The maximum absolute atomic E-state index is 12.3. The minimum Gasteiger partial charge on any atom is -0.361 e. The smallest absolute Gasteiger partial charge is 0.220 e. The summed E-state index contributed by atoms with van der Waals surface area (Å²) in [7, 11) is 0. The maximum atomic E-state index is 12.3. The van der Waals surface area contributed by atoms with Gasteiger partial charge in [-0.25, -0.2) is 0 Å². The van der Waals surface area contributed by atoms with Crippen LogP contribution in [0.1, 0.15) is 61.3 Å². The minimum atomic E-state index is 0.0719. The molecule has 1 amide bonds. The SMILES string of the molecule is Cc1noc(C)c1CCC(=O)N[C@@H]1CCc2nnc(C(C)C)n2C1. The highest BCUT2D eigenvalue weighted by molar-refractivity contribution is 5.76. The van der Waals surface area contributed by atoms with Crippen LogP contribution in [0.5, 0.6) is 0 Å². The molecule has 1 N–H and O–H groups in total. The normalized spacial score (nSPS) is 17.1. The lowest BCUT2D eigenvalue weighted by Crippen LogP contribution is -2.41. The fourth-order valence-electron chi connectivity index (χ4n) is 3.29. The van der Waals surface area contributed by atoms with Gasteiger partial charge in [0.25, 0.3) is 0 Å². The molecule has 0 bridgehead atoms. The fraction of sp³-hybridized carbons (Fsp3) is 0.647. The van der Waals surface area contributed by atoms with E-state index in [1.54, 1.807) is 0 Å². The monoisotopic (exact) mass is 331 g/mol. The van der Waals surface area contributed by atoms with Crippen molar-refractivity contribution in [2.45, 2.75) is 71.9 Å². The number of carbonyl (C=O) groups is 1. The number of rotatable bonds is 5. The minimum absolute atomic E-state index is 0.0719. The van der Waals surface area contributed by atoms with Crippen LogP contribution in [0.25, 0.3) is 0 Å². The molecule has 1 aliphatic heterocycles. The lowest BCUT2D eigenvalue weighted by atomic mass is 10.0. The van der Waals surface area contributed by atoms with E-state index in [0.717, 1.165) is 48.1 Å². The summed E-state index contributed by atoms with van der Waals surface area (Å²) < 4.78 is 7.30. The third-order valence-corrected chi connectivity index (χ3v) is 4.64. The number of hydrogen-bond donors (Lipinski definition) is 1. The molecule has 0 fully saturated rings. The summed E-state index contributed by atoms with van der Waals surface area (Å²) in [5, 5.41) is 15.6. The zero-order valence-electron chi connectivity index (χ0n) is 14.8. The lowest BCUT2D eigenvalue weighted by Gasteiger charge is -2.26. The predicted molar refractivity (Wildman–Crippen MR) is 88.7 cm³/mol. The average molecular weight is 331 g/mol. The molecule has 2 aromatic heterocycles. The van der Waals surface area contributed by atoms with Crippen molar-refractivity contribution < 1.29 is 9.32 Å². The summed E-state index contributed by atoms with van der Waals surface area (Å²) in [5.74, 6) is 3.23. The third-order valence-electron chi connectivity index (χ3n) is 4.64. The van der Waals surface area contributed by atoms with Crippen molar-refractivity contribution in [1.82, 2.24) is 25.2 Å². The molecule has 0 unspecified atom stereocenters. The molecule has 1 atom stereocenters. The summed E-state index contributed by atoms with van der Waals surface area (Å²) in [5.41, 5.74) is 1.91. The van der Waals surface area contributed by atoms with Gasteiger partial charge in [0.1, 0.15) is 17.4 Å². The Kier molecular flexibility index (Phi) is 4.69. The van der Waals surface area contributed by atoms with Crippen molar-refractivity contribution in [2.24, 2.45) is 0 Å². The third kappa shape index (κ3) is 3.34. The summed E-state index contributed by atoms with van der Waals surface area (Å²) in [6.45, 7) is 8.78. The van der Waals surface area contributed by atoms with Crippen molar-refractivity contribution in [3.8, 4) is 0 Å². The van der Waals surface area contributed by atoms with Gasteiger partial charge in [-0.2, -0.15) is 0 Å². The van der Waals surface area contributed by atoms with Crippen LogP contribution in [0.2, 0.25) is 0 Å². The Balaban J connectivity index is 1.57. The molecule has 2 aromatic rings. The summed E-state index contributed by atoms with van der Waals surface area (Å²) in [4.78, 5) is 12.3. The molecule has 24 heavy (non-hydrogen) atoms. The average Bonchev–Trinajstić information content (AvgIpc) is 3.09. The first kappa shape index (κ1) is 16.7. The van der Waals surface area contributed by atoms with E-state index in [1.165, 1.54) is 0 Å². The van der Waals surface area contributed by atoms with Crippen LogP contribution in [0, 0.1) is 13.8 Å². The van der Waals surface area contributed by atoms with E-state index in [4.69, 9.17) is 4.52 Å². The summed E-state index contributed by atoms with van der Waals surface area (Å²) >= 11 is 0. The standard InChI is InChI=1S/C17H25N5O2/c1-10(2)17-20-19-15-7-5-13(9-22(15)17)18-16(23)8-6-14-11(3)21-24-12(14)4/h10,13H,5-9H2,1-4H3,(H,18,23)/t13-/m1/s1. The van der Waals surface area contributed by atoms with Gasteiger partial charge in [0.2, 0.25) is 5.91 Å². The molecule has 0 saturated heterocycles. The van der Waals surface area contributed by atoms with Crippen LogP contribution in [0.3, 0.4) is 0 Å². The second-order valence-corrected chi connectivity index (χ2v) is 6.85. The molecule has 7 heteroatoms. The molecule has 0 spiro atoms. The van der Waals surface area contributed by atoms with Crippen LogP contribution in [-0.2, 0) is 24.2 Å². The molecule has 130 valence electrons. The van der Waals surface area contributed by atoms with Crippen LogP contribution in [0.4, 0.5) is 0 Å². The van der Waals surface area contributed by atoms with E-state index < -0.39 is 0 Å². The highest BCUT2D eigenvalue weighted by Crippen LogP contribution is 2.20. The number of nitrogens with zero attached hydrogens (tertiary/aromatic N) is 4. The van der Waals surface area contributed by atoms with Gasteiger partial charge < -0.3 is 14.4 Å². The molecule has 0 saturated carbocycles. The number of nitrogens with one attached hydrogen (secondary N) is 1. The second-order valence-electron chi connectivity index (χ2n) is 6.85. The van der Waals surface area contributed by atoms with Crippen molar-refractivity contribution in [1.29, 1.82) is 0 Å².